The summed E-state index contributed by atoms with van der Waals surface area (Å²) in [7, 11) is 4.68. The van der Waals surface area contributed by atoms with Crippen LogP contribution < -0.4 is 19.5 Å². The molecule has 1 aromatic rings. The minimum Gasteiger partial charge on any atom is -0.493 e. The van der Waals surface area contributed by atoms with Gasteiger partial charge in [0.15, 0.2) is 11.5 Å². The lowest BCUT2D eigenvalue weighted by Crippen LogP contribution is -2.55. The van der Waals surface area contributed by atoms with Crippen LogP contribution in [0.3, 0.4) is 0 Å². The molecule has 0 unspecified atom stereocenters. The third-order valence-electron chi connectivity index (χ3n) is 7.30. The summed E-state index contributed by atoms with van der Waals surface area (Å²) in [6.45, 7) is 2.19. The molecule has 0 heterocycles. The Labute approximate surface area is 161 Å². The highest BCUT2D eigenvalue weighted by molar-refractivity contribution is 5.98. The highest BCUT2D eigenvalue weighted by Crippen LogP contribution is 2.61. The third kappa shape index (κ3) is 3.05. The smallest absolute Gasteiger partial charge is 0.255 e. The molecule has 0 aromatic heterocycles. The standard InChI is InChI=1S/C22H31NO4/c1-13(22-10-14-7-15(11-22)9-16(8-14)12-22)23-21(24)17-5-6-18(25-2)20(27-4)19(17)26-3/h5-6,13-16H,7-12H2,1-4H3,(H,23,24)/t13-,14?,15?,16?,22?/m1/s1. The van der Waals surface area contributed by atoms with Gasteiger partial charge in [0, 0.05) is 6.04 Å². The highest BCUT2D eigenvalue weighted by atomic mass is 16.5. The number of hydrogen-bond acceptors (Lipinski definition) is 4. The van der Waals surface area contributed by atoms with Gasteiger partial charge in [0.1, 0.15) is 0 Å². The Kier molecular flexibility index (Phi) is 4.73. The van der Waals surface area contributed by atoms with Gasteiger partial charge in [0.25, 0.3) is 5.91 Å². The Morgan fingerprint density at radius 2 is 1.52 bits per heavy atom. The van der Waals surface area contributed by atoms with Crippen molar-refractivity contribution in [3.8, 4) is 17.2 Å². The number of hydrogen-bond donors (Lipinski definition) is 1. The molecule has 0 saturated heterocycles. The molecule has 4 aliphatic carbocycles. The van der Waals surface area contributed by atoms with Crippen LogP contribution in [0.5, 0.6) is 17.2 Å². The van der Waals surface area contributed by atoms with Crippen LogP contribution in [0, 0.1) is 23.2 Å². The van der Waals surface area contributed by atoms with Gasteiger partial charge in [0.2, 0.25) is 5.75 Å². The molecule has 4 aliphatic rings. The van der Waals surface area contributed by atoms with Crippen molar-refractivity contribution in [2.45, 2.75) is 51.5 Å². The van der Waals surface area contributed by atoms with Crippen molar-refractivity contribution in [1.29, 1.82) is 0 Å². The molecule has 1 atom stereocenters. The van der Waals surface area contributed by atoms with Crippen molar-refractivity contribution in [2.75, 3.05) is 21.3 Å². The summed E-state index contributed by atoms with van der Waals surface area (Å²) < 4.78 is 16.2. The fourth-order valence-electron chi connectivity index (χ4n) is 6.42. The monoisotopic (exact) mass is 373 g/mol. The summed E-state index contributed by atoms with van der Waals surface area (Å²) in [4.78, 5) is 13.1. The SMILES string of the molecule is COc1ccc(C(=O)N[C@H](C)C23CC4CC(CC(C4)C2)C3)c(OC)c1OC. The number of ether oxygens (including phenoxy) is 3. The van der Waals surface area contributed by atoms with E-state index in [1.165, 1.54) is 38.5 Å². The van der Waals surface area contributed by atoms with Crippen LogP contribution in [-0.4, -0.2) is 33.3 Å². The summed E-state index contributed by atoms with van der Waals surface area (Å²) in [6.07, 6.45) is 8.02. The zero-order chi connectivity index (χ0) is 19.2. The molecule has 4 bridgehead atoms. The summed E-state index contributed by atoms with van der Waals surface area (Å²) in [5, 5.41) is 3.30. The Morgan fingerprint density at radius 3 is 2.00 bits per heavy atom. The van der Waals surface area contributed by atoms with E-state index in [0.29, 0.717) is 22.8 Å². The quantitative estimate of drug-likeness (QED) is 0.817. The van der Waals surface area contributed by atoms with Crippen LogP contribution in [0.4, 0.5) is 0 Å². The first-order chi connectivity index (χ1) is 13.0. The van der Waals surface area contributed by atoms with E-state index in [2.05, 4.69) is 12.2 Å². The van der Waals surface area contributed by atoms with Crippen LogP contribution in [0.15, 0.2) is 12.1 Å². The number of nitrogens with one attached hydrogen (secondary N) is 1. The predicted molar refractivity (Wildman–Crippen MR) is 104 cm³/mol. The average Bonchev–Trinajstić information content (AvgIpc) is 2.65. The van der Waals surface area contributed by atoms with E-state index < -0.39 is 0 Å². The summed E-state index contributed by atoms with van der Waals surface area (Å²) in [6, 6.07) is 3.67. The van der Waals surface area contributed by atoms with Gasteiger partial charge in [-0.15, -0.1) is 0 Å². The fourth-order valence-corrected chi connectivity index (χ4v) is 6.42. The summed E-state index contributed by atoms with van der Waals surface area (Å²) in [5.41, 5.74) is 0.764. The van der Waals surface area contributed by atoms with E-state index >= 15 is 0 Å². The number of amides is 1. The molecule has 4 fully saturated rings. The van der Waals surface area contributed by atoms with Gasteiger partial charge in [-0.1, -0.05) is 0 Å². The van der Waals surface area contributed by atoms with Crippen molar-refractivity contribution < 1.29 is 19.0 Å². The minimum atomic E-state index is -0.101. The van der Waals surface area contributed by atoms with Gasteiger partial charge >= 0.3 is 0 Å². The molecule has 1 amide bonds. The number of rotatable bonds is 6. The second-order valence-corrected chi connectivity index (χ2v) is 8.86. The molecule has 1 N–H and O–H groups in total. The van der Waals surface area contributed by atoms with E-state index in [9.17, 15) is 4.79 Å². The van der Waals surface area contributed by atoms with Crippen molar-refractivity contribution in [1.82, 2.24) is 5.32 Å². The second-order valence-electron chi connectivity index (χ2n) is 8.86. The first kappa shape index (κ1) is 18.5. The molecule has 27 heavy (non-hydrogen) atoms. The Balaban J connectivity index is 1.56. The molecule has 5 nitrogen and oxygen atoms in total. The lowest BCUT2D eigenvalue weighted by atomic mass is 9.48. The molecule has 1 aromatic carbocycles. The first-order valence-corrected chi connectivity index (χ1v) is 10.1. The van der Waals surface area contributed by atoms with E-state index in [-0.39, 0.29) is 17.4 Å². The maximum absolute atomic E-state index is 13.1. The Morgan fingerprint density at radius 1 is 0.963 bits per heavy atom. The maximum Gasteiger partial charge on any atom is 0.255 e. The lowest BCUT2D eigenvalue weighted by molar-refractivity contribution is -0.0688. The molecule has 4 saturated carbocycles. The van der Waals surface area contributed by atoms with Crippen LogP contribution in [0.25, 0.3) is 0 Å². The number of benzene rings is 1. The molecule has 5 heteroatoms. The number of methoxy groups -OCH3 is 3. The molecule has 5 rings (SSSR count). The van der Waals surface area contributed by atoms with Crippen molar-refractivity contribution in [3.05, 3.63) is 17.7 Å². The normalized spacial score (nSPS) is 32.1. The third-order valence-corrected chi connectivity index (χ3v) is 7.30. The zero-order valence-electron chi connectivity index (χ0n) is 16.8. The van der Waals surface area contributed by atoms with Crippen LogP contribution >= 0.6 is 0 Å². The summed E-state index contributed by atoms with van der Waals surface area (Å²) >= 11 is 0. The average molecular weight is 373 g/mol. The number of carbonyl (C=O) groups is 1. The van der Waals surface area contributed by atoms with Gasteiger partial charge in [-0.2, -0.15) is 0 Å². The van der Waals surface area contributed by atoms with E-state index in [1.807, 2.05) is 0 Å². The molecule has 0 spiro atoms. The largest absolute Gasteiger partial charge is 0.493 e. The van der Waals surface area contributed by atoms with Gasteiger partial charge in [-0.05, 0) is 80.8 Å². The van der Waals surface area contributed by atoms with E-state index in [4.69, 9.17) is 14.2 Å². The van der Waals surface area contributed by atoms with Crippen LogP contribution in [0.1, 0.15) is 55.8 Å². The molecular weight excluding hydrogens is 342 g/mol. The number of carbonyl (C=O) groups excluding carboxylic acids is 1. The van der Waals surface area contributed by atoms with Gasteiger partial charge in [0.05, 0.1) is 26.9 Å². The Hall–Kier alpha value is -1.91. The highest BCUT2D eigenvalue weighted by Gasteiger charge is 2.53. The van der Waals surface area contributed by atoms with Crippen molar-refractivity contribution >= 4 is 5.91 Å². The van der Waals surface area contributed by atoms with Crippen molar-refractivity contribution in [3.63, 3.8) is 0 Å². The lowest BCUT2D eigenvalue weighted by Gasteiger charge is -2.59. The van der Waals surface area contributed by atoms with E-state index in [0.717, 1.165) is 17.8 Å². The fraction of sp³-hybridized carbons (Fsp3) is 0.682. The predicted octanol–water partition coefficient (Wildman–Crippen LogP) is 4.05. The molecular formula is C22H31NO4. The second kappa shape index (κ2) is 6.92. The molecule has 148 valence electrons. The topological polar surface area (TPSA) is 56.8 Å². The Bertz CT molecular complexity index is 694. The van der Waals surface area contributed by atoms with Gasteiger partial charge in [-0.25, -0.2) is 0 Å². The molecule has 0 radical (unpaired) electrons. The minimum absolute atomic E-state index is 0.101. The van der Waals surface area contributed by atoms with Gasteiger partial charge < -0.3 is 19.5 Å². The summed E-state index contributed by atoms with van der Waals surface area (Å²) in [5.74, 6) is 3.93. The maximum atomic E-state index is 13.1. The first-order valence-electron chi connectivity index (χ1n) is 10.1. The zero-order valence-corrected chi connectivity index (χ0v) is 16.8. The van der Waals surface area contributed by atoms with Gasteiger partial charge in [-0.3, -0.25) is 4.79 Å². The molecule has 0 aliphatic heterocycles. The van der Waals surface area contributed by atoms with Crippen LogP contribution in [0.2, 0.25) is 0 Å². The van der Waals surface area contributed by atoms with E-state index in [1.54, 1.807) is 33.5 Å². The van der Waals surface area contributed by atoms with Crippen LogP contribution in [-0.2, 0) is 0 Å². The van der Waals surface area contributed by atoms with Crippen molar-refractivity contribution in [2.24, 2.45) is 23.2 Å².